The van der Waals surface area contributed by atoms with E-state index in [2.05, 4.69) is 0 Å². The minimum Gasteiger partial charge on any atom is -0.507 e. The third-order valence-electron chi connectivity index (χ3n) is 10.3. The fourth-order valence-electron chi connectivity index (χ4n) is 8.10. The standard InChI is InChI=1S/C42H49NO13/c1-22-19-25-24(7-6-11-53-15-17-55-13-9-44)40(48)32-26(46)20-28(50-3)34-35-29(51-4)21-27(47)33-38(35)37(31(25)36(32)34)39(42(52-5)41(33)49)30(22)23(2)43-8-12-54-16-18-56-14-10-45/h19-21,30,44-45,48-49H,6-18H2,1-5H3. The van der Waals surface area contributed by atoms with Crippen LogP contribution in [0.3, 0.4) is 0 Å². The summed E-state index contributed by atoms with van der Waals surface area (Å²) in [5.41, 5.74) is 2.24. The predicted octanol–water partition coefficient (Wildman–Crippen LogP) is 4.28. The number of aliphatic hydroxyl groups excluding tert-OH is 2. The van der Waals surface area contributed by atoms with Crippen LogP contribution in [0.4, 0.5) is 0 Å². The molecule has 0 heterocycles. The first kappa shape index (κ1) is 40.8. The van der Waals surface area contributed by atoms with Crippen molar-refractivity contribution in [1.29, 1.82) is 0 Å². The number of phenols is 2. The van der Waals surface area contributed by atoms with E-state index < -0.39 is 16.8 Å². The molecule has 0 radical (unpaired) electrons. The fourth-order valence-corrected chi connectivity index (χ4v) is 8.10. The molecule has 4 N–H and O–H groups in total. The molecular weight excluding hydrogens is 726 g/mol. The monoisotopic (exact) mass is 775 g/mol. The number of rotatable bonds is 21. The van der Waals surface area contributed by atoms with E-state index in [4.69, 9.17) is 48.4 Å². The zero-order chi connectivity index (χ0) is 40.1. The van der Waals surface area contributed by atoms with E-state index in [0.29, 0.717) is 114 Å². The summed E-state index contributed by atoms with van der Waals surface area (Å²) >= 11 is 0. The van der Waals surface area contributed by atoms with E-state index in [1.54, 1.807) is 0 Å². The van der Waals surface area contributed by atoms with E-state index in [1.165, 1.54) is 33.5 Å². The Morgan fingerprint density at radius 2 is 1.20 bits per heavy atom. The van der Waals surface area contributed by atoms with Gasteiger partial charge in [-0.25, -0.2) is 0 Å². The molecule has 1 unspecified atom stereocenters. The van der Waals surface area contributed by atoms with E-state index in [-0.39, 0.29) is 65.9 Å². The van der Waals surface area contributed by atoms with Crippen molar-refractivity contribution in [3.8, 4) is 28.7 Å². The van der Waals surface area contributed by atoms with Gasteiger partial charge in [0.15, 0.2) is 22.4 Å². The maximum absolute atomic E-state index is 14.1. The molecule has 300 valence electrons. The number of benzene rings is 5. The number of hydrogen-bond donors (Lipinski definition) is 4. The highest BCUT2D eigenvalue weighted by Gasteiger charge is 2.36. The third-order valence-corrected chi connectivity index (χ3v) is 10.3. The summed E-state index contributed by atoms with van der Waals surface area (Å²) in [5.74, 6) is -0.580. The summed E-state index contributed by atoms with van der Waals surface area (Å²) in [6, 6.07) is 2.63. The first-order valence-corrected chi connectivity index (χ1v) is 18.6. The lowest BCUT2D eigenvalue weighted by Crippen LogP contribution is -2.16. The number of aromatic hydroxyl groups is 2. The number of nitrogens with zero attached hydrogens (tertiary/aromatic N) is 1. The van der Waals surface area contributed by atoms with Crippen LogP contribution in [-0.4, -0.2) is 120 Å². The third kappa shape index (κ3) is 7.28. The molecule has 56 heavy (non-hydrogen) atoms. The molecular formula is C42H49NO13. The van der Waals surface area contributed by atoms with Gasteiger partial charge in [-0.1, -0.05) is 11.6 Å². The van der Waals surface area contributed by atoms with Gasteiger partial charge in [-0.05, 0) is 43.0 Å². The minimum atomic E-state index is -0.587. The molecule has 0 saturated heterocycles. The molecule has 0 spiro atoms. The number of hydrogen-bond acceptors (Lipinski definition) is 14. The molecule has 0 aliphatic heterocycles. The van der Waals surface area contributed by atoms with Gasteiger partial charge < -0.3 is 53.6 Å². The average Bonchev–Trinajstić information content (AvgIpc) is 3.31. The molecule has 0 saturated carbocycles. The van der Waals surface area contributed by atoms with Crippen molar-refractivity contribution in [3.63, 3.8) is 0 Å². The number of fused-ring (bicyclic) bond motifs is 1. The van der Waals surface area contributed by atoms with Crippen molar-refractivity contribution in [2.75, 3.05) is 93.9 Å². The van der Waals surface area contributed by atoms with Crippen LogP contribution < -0.4 is 25.1 Å². The molecule has 1 aliphatic carbocycles. The quantitative estimate of drug-likeness (QED) is 0.0358. The highest BCUT2D eigenvalue weighted by molar-refractivity contribution is 6.39. The fraction of sp³-hybridized carbons (Fsp3) is 0.452. The Hall–Kier alpha value is -4.83. The van der Waals surface area contributed by atoms with Gasteiger partial charge in [-0.2, -0.15) is 0 Å². The van der Waals surface area contributed by atoms with Crippen molar-refractivity contribution in [2.24, 2.45) is 4.99 Å². The summed E-state index contributed by atoms with van der Waals surface area (Å²) < 4.78 is 39.8. The van der Waals surface area contributed by atoms with Gasteiger partial charge in [0.2, 0.25) is 0 Å². The highest BCUT2D eigenvalue weighted by atomic mass is 16.5. The second kappa shape index (κ2) is 18.0. The van der Waals surface area contributed by atoms with Gasteiger partial charge in [0.25, 0.3) is 0 Å². The molecule has 1 aliphatic rings. The molecule has 14 nitrogen and oxygen atoms in total. The molecule has 0 bridgehead atoms. The number of aliphatic imine (C=N–C) groups is 1. The Labute approximate surface area is 323 Å². The molecule has 5 aromatic rings. The van der Waals surface area contributed by atoms with Crippen LogP contribution in [0.25, 0.3) is 49.2 Å². The predicted molar refractivity (Wildman–Crippen MR) is 215 cm³/mol. The summed E-state index contributed by atoms with van der Waals surface area (Å²) in [7, 11) is 4.32. The van der Waals surface area contributed by atoms with Crippen LogP contribution in [0.5, 0.6) is 28.7 Å². The lowest BCUT2D eigenvalue weighted by atomic mass is 9.80. The smallest absolute Gasteiger partial charge is 0.194 e. The van der Waals surface area contributed by atoms with Gasteiger partial charge in [0, 0.05) is 63.0 Å². The highest BCUT2D eigenvalue weighted by Crippen LogP contribution is 2.57. The topological polar surface area (TPSA) is 192 Å². The summed E-state index contributed by atoms with van der Waals surface area (Å²) in [4.78, 5) is 33.0. The Morgan fingerprint density at radius 1 is 0.661 bits per heavy atom. The molecule has 1 atom stereocenters. The van der Waals surface area contributed by atoms with Crippen molar-refractivity contribution in [2.45, 2.75) is 32.6 Å². The van der Waals surface area contributed by atoms with Crippen molar-refractivity contribution in [3.05, 3.63) is 54.8 Å². The number of ether oxygens (including phenoxy) is 7. The molecule has 0 amide bonds. The zero-order valence-corrected chi connectivity index (χ0v) is 32.4. The largest absolute Gasteiger partial charge is 0.507 e. The molecule has 14 heteroatoms. The number of methoxy groups -OCH3 is 3. The lowest BCUT2D eigenvalue weighted by molar-refractivity contribution is 0.0325. The van der Waals surface area contributed by atoms with E-state index >= 15 is 0 Å². The Balaban J connectivity index is 1.66. The van der Waals surface area contributed by atoms with E-state index in [9.17, 15) is 19.8 Å². The Kier molecular flexibility index (Phi) is 13.1. The second-order valence-electron chi connectivity index (χ2n) is 13.5. The van der Waals surface area contributed by atoms with Crippen LogP contribution in [-0.2, 0) is 25.4 Å². The molecule has 0 fully saturated rings. The van der Waals surface area contributed by atoms with Crippen LogP contribution in [0, 0.1) is 0 Å². The van der Waals surface area contributed by atoms with E-state index in [0.717, 1.165) is 5.57 Å². The van der Waals surface area contributed by atoms with Crippen LogP contribution in [0.15, 0.2) is 32.3 Å². The second-order valence-corrected chi connectivity index (χ2v) is 13.5. The number of aliphatic hydroxyl groups is 2. The SMILES string of the molecule is COc1c(O)c2c(=O)cc(OC)c3c4c(OC)cc(=O)c5c(O)c(CCCOCCOCCO)c6c(c(c1C(C(C)=NCCOCCOCCO)C(C)=C6)c23)c54. The number of allylic oxidation sites excluding steroid dienone is 1. The maximum atomic E-state index is 14.1. The molecule has 6 rings (SSSR count). The van der Waals surface area contributed by atoms with Crippen LogP contribution >= 0.6 is 0 Å². The molecule has 5 aromatic carbocycles. The first-order valence-electron chi connectivity index (χ1n) is 18.6. The summed E-state index contributed by atoms with van der Waals surface area (Å²) in [5, 5.41) is 45.1. The van der Waals surface area contributed by atoms with E-state index in [1.807, 2.05) is 19.9 Å². The lowest BCUT2D eigenvalue weighted by Gasteiger charge is -2.26. The number of phenolic OH excluding ortho intramolecular Hbond substituents is 2. The Morgan fingerprint density at radius 3 is 1.75 bits per heavy atom. The van der Waals surface area contributed by atoms with Gasteiger partial charge in [0.05, 0.1) is 98.1 Å². The normalized spacial score (nSPS) is 14.4. The van der Waals surface area contributed by atoms with Crippen molar-refractivity contribution < 1.29 is 53.6 Å². The summed E-state index contributed by atoms with van der Waals surface area (Å²) in [6.45, 7) is 6.39. The van der Waals surface area contributed by atoms with Crippen LogP contribution in [0.1, 0.15) is 42.9 Å². The van der Waals surface area contributed by atoms with Gasteiger partial charge in [-0.3, -0.25) is 14.6 Å². The average molecular weight is 776 g/mol. The van der Waals surface area contributed by atoms with Crippen molar-refractivity contribution >= 4 is 54.9 Å². The minimum absolute atomic E-state index is 0.0190. The van der Waals surface area contributed by atoms with Crippen molar-refractivity contribution in [1.82, 2.24) is 0 Å². The van der Waals surface area contributed by atoms with Gasteiger partial charge in [-0.15, -0.1) is 0 Å². The van der Waals surface area contributed by atoms with Gasteiger partial charge >= 0.3 is 0 Å². The van der Waals surface area contributed by atoms with Gasteiger partial charge in [0.1, 0.15) is 17.2 Å². The summed E-state index contributed by atoms with van der Waals surface area (Å²) in [6.07, 6.45) is 2.79. The zero-order valence-electron chi connectivity index (χ0n) is 32.4. The first-order chi connectivity index (χ1) is 27.2. The molecule has 0 aromatic heterocycles. The maximum Gasteiger partial charge on any atom is 0.194 e. The Bertz CT molecular complexity index is 2390. The van der Waals surface area contributed by atoms with Crippen LogP contribution in [0.2, 0.25) is 0 Å².